The number of aromatic hydroxyl groups is 2. The molecular formula is C7H8O3. The Kier molecular flexibility index (Phi) is 1.78. The lowest BCUT2D eigenvalue weighted by molar-refractivity contribution is 0.273. The molecule has 0 aliphatic carbocycles. The van der Waals surface area contributed by atoms with Gasteiger partial charge in [0.05, 0.1) is 6.61 Å². The van der Waals surface area contributed by atoms with E-state index in [2.05, 4.69) is 0 Å². The SMILES string of the molecule is OCc1cccc(O)c1O. The van der Waals surface area contributed by atoms with Crippen molar-refractivity contribution in [3.8, 4) is 11.5 Å². The molecule has 3 heteroatoms. The van der Waals surface area contributed by atoms with Crippen molar-refractivity contribution in [1.82, 2.24) is 0 Å². The molecule has 10 heavy (non-hydrogen) atoms. The van der Waals surface area contributed by atoms with Crippen LogP contribution in [0.2, 0.25) is 0 Å². The third-order valence-corrected chi connectivity index (χ3v) is 1.27. The first-order valence-electron chi connectivity index (χ1n) is 2.86. The second-order valence-corrected chi connectivity index (χ2v) is 1.94. The number of phenolic OH excluding ortho intramolecular Hbond substituents is 1. The molecule has 3 nitrogen and oxygen atoms in total. The first-order valence-corrected chi connectivity index (χ1v) is 2.86. The molecule has 0 saturated heterocycles. The Morgan fingerprint density at radius 2 is 1.90 bits per heavy atom. The van der Waals surface area contributed by atoms with Crippen molar-refractivity contribution in [3.05, 3.63) is 23.8 Å². The molecule has 0 saturated carbocycles. The van der Waals surface area contributed by atoms with Gasteiger partial charge in [-0.1, -0.05) is 12.1 Å². The third-order valence-electron chi connectivity index (χ3n) is 1.27. The van der Waals surface area contributed by atoms with E-state index in [1.165, 1.54) is 12.1 Å². The van der Waals surface area contributed by atoms with Gasteiger partial charge in [0.15, 0.2) is 11.5 Å². The minimum Gasteiger partial charge on any atom is -0.504 e. The molecule has 1 rings (SSSR count). The molecule has 54 valence electrons. The van der Waals surface area contributed by atoms with Crippen LogP contribution >= 0.6 is 0 Å². The van der Waals surface area contributed by atoms with Crippen LogP contribution < -0.4 is 0 Å². The van der Waals surface area contributed by atoms with Gasteiger partial charge in [-0.05, 0) is 6.07 Å². The molecule has 0 aliphatic heterocycles. The number of benzene rings is 1. The lowest BCUT2D eigenvalue weighted by Crippen LogP contribution is -1.82. The molecule has 0 bridgehead atoms. The molecule has 0 heterocycles. The Hall–Kier alpha value is -1.22. The highest BCUT2D eigenvalue weighted by molar-refractivity contribution is 5.43. The lowest BCUT2D eigenvalue weighted by atomic mass is 10.2. The first kappa shape index (κ1) is 6.89. The number of hydrogen-bond acceptors (Lipinski definition) is 3. The Labute approximate surface area is 58.2 Å². The fourth-order valence-electron chi connectivity index (χ4n) is 0.705. The van der Waals surface area contributed by atoms with E-state index < -0.39 is 0 Å². The predicted molar refractivity (Wildman–Crippen MR) is 35.7 cm³/mol. The van der Waals surface area contributed by atoms with Crippen LogP contribution in [-0.4, -0.2) is 15.3 Å². The van der Waals surface area contributed by atoms with Crippen LogP contribution in [0.25, 0.3) is 0 Å². The van der Waals surface area contributed by atoms with Gasteiger partial charge in [0, 0.05) is 5.56 Å². The predicted octanol–water partition coefficient (Wildman–Crippen LogP) is 0.590. The molecule has 0 atom stereocenters. The van der Waals surface area contributed by atoms with E-state index in [9.17, 15) is 0 Å². The standard InChI is InChI=1S/C7H8O3/c8-4-5-2-1-3-6(9)7(5)10/h1-3,8-10H,4H2. The summed E-state index contributed by atoms with van der Waals surface area (Å²) in [6, 6.07) is 4.45. The molecule has 1 aromatic carbocycles. The molecule has 0 aliphatic rings. The quantitative estimate of drug-likeness (QED) is 0.500. The minimum atomic E-state index is -0.264. The average Bonchev–Trinajstić information content (AvgIpc) is 1.95. The number of phenols is 2. The molecule has 0 radical (unpaired) electrons. The van der Waals surface area contributed by atoms with Gasteiger partial charge >= 0.3 is 0 Å². The van der Waals surface area contributed by atoms with Gasteiger partial charge in [-0.3, -0.25) is 0 Å². The summed E-state index contributed by atoms with van der Waals surface area (Å²) >= 11 is 0. The number of aliphatic hydroxyl groups is 1. The molecule has 0 amide bonds. The summed E-state index contributed by atoms with van der Waals surface area (Å²) in [4.78, 5) is 0. The second kappa shape index (κ2) is 2.58. The Morgan fingerprint density at radius 3 is 2.40 bits per heavy atom. The summed E-state index contributed by atoms with van der Waals surface area (Å²) in [6.45, 7) is -0.264. The molecule has 1 aromatic rings. The number of hydrogen-bond donors (Lipinski definition) is 3. The van der Waals surface area contributed by atoms with Crippen molar-refractivity contribution in [2.24, 2.45) is 0 Å². The molecule has 0 spiro atoms. The zero-order valence-corrected chi connectivity index (χ0v) is 5.28. The maximum Gasteiger partial charge on any atom is 0.163 e. The van der Waals surface area contributed by atoms with Gasteiger partial charge in [0.2, 0.25) is 0 Å². The van der Waals surface area contributed by atoms with Gasteiger partial charge < -0.3 is 15.3 Å². The molecule has 0 fully saturated rings. The molecule has 0 unspecified atom stereocenters. The monoisotopic (exact) mass is 140 g/mol. The van der Waals surface area contributed by atoms with E-state index in [1.54, 1.807) is 6.07 Å². The smallest absolute Gasteiger partial charge is 0.163 e. The van der Waals surface area contributed by atoms with Crippen LogP contribution in [0.5, 0.6) is 11.5 Å². The van der Waals surface area contributed by atoms with Crippen LogP contribution in [-0.2, 0) is 6.61 Å². The van der Waals surface area contributed by atoms with Gasteiger partial charge in [-0.15, -0.1) is 0 Å². The van der Waals surface area contributed by atoms with Crippen molar-refractivity contribution in [3.63, 3.8) is 0 Å². The lowest BCUT2D eigenvalue weighted by Gasteiger charge is -2.00. The van der Waals surface area contributed by atoms with Gasteiger partial charge in [-0.25, -0.2) is 0 Å². The van der Waals surface area contributed by atoms with Crippen LogP contribution in [0.15, 0.2) is 18.2 Å². The normalized spacial score (nSPS) is 9.70. The second-order valence-electron chi connectivity index (χ2n) is 1.94. The summed E-state index contributed by atoms with van der Waals surface area (Å²) in [5.41, 5.74) is 0.333. The Bertz CT molecular complexity index is 232. The number of aliphatic hydroxyl groups excluding tert-OH is 1. The van der Waals surface area contributed by atoms with E-state index in [0.717, 1.165) is 0 Å². The maximum absolute atomic E-state index is 8.99. The summed E-state index contributed by atoms with van der Waals surface area (Å²) < 4.78 is 0. The van der Waals surface area contributed by atoms with Crippen LogP contribution in [0, 0.1) is 0 Å². The summed E-state index contributed by atoms with van der Waals surface area (Å²) in [5.74, 6) is -0.448. The van der Waals surface area contributed by atoms with Gasteiger partial charge in [-0.2, -0.15) is 0 Å². The minimum absolute atomic E-state index is 0.202. The molecule has 3 N–H and O–H groups in total. The average molecular weight is 140 g/mol. The topological polar surface area (TPSA) is 60.7 Å². The van der Waals surface area contributed by atoms with E-state index >= 15 is 0 Å². The summed E-state index contributed by atoms with van der Waals surface area (Å²) in [7, 11) is 0. The number of para-hydroxylation sites is 1. The highest BCUT2D eigenvalue weighted by Crippen LogP contribution is 2.27. The fraction of sp³-hybridized carbons (Fsp3) is 0.143. The van der Waals surface area contributed by atoms with Crippen molar-refractivity contribution in [1.29, 1.82) is 0 Å². The maximum atomic E-state index is 8.99. The molecular weight excluding hydrogens is 132 g/mol. The summed E-state index contributed by atoms with van der Waals surface area (Å²) in [6.07, 6.45) is 0. The van der Waals surface area contributed by atoms with Crippen LogP contribution in [0.4, 0.5) is 0 Å². The van der Waals surface area contributed by atoms with Crippen LogP contribution in [0.3, 0.4) is 0 Å². The largest absolute Gasteiger partial charge is 0.504 e. The summed E-state index contributed by atoms with van der Waals surface area (Å²) in [5, 5.41) is 26.4. The fourth-order valence-corrected chi connectivity index (χ4v) is 0.705. The third kappa shape index (κ3) is 1.04. The van der Waals surface area contributed by atoms with Crippen LogP contribution in [0.1, 0.15) is 5.56 Å². The first-order chi connectivity index (χ1) is 4.75. The Balaban J connectivity index is 3.14. The van der Waals surface area contributed by atoms with Crippen molar-refractivity contribution >= 4 is 0 Å². The van der Waals surface area contributed by atoms with E-state index in [1.807, 2.05) is 0 Å². The van der Waals surface area contributed by atoms with E-state index in [-0.39, 0.29) is 18.1 Å². The zero-order valence-electron chi connectivity index (χ0n) is 5.28. The highest BCUT2D eigenvalue weighted by atomic mass is 16.3. The van der Waals surface area contributed by atoms with E-state index in [0.29, 0.717) is 5.56 Å². The van der Waals surface area contributed by atoms with E-state index in [4.69, 9.17) is 15.3 Å². The molecule has 0 aromatic heterocycles. The van der Waals surface area contributed by atoms with Crippen molar-refractivity contribution < 1.29 is 15.3 Å². The van der Waals surface area contributed by atoms with Gasteiger partial charge in [0.1, 0.15) is 0 Å². The Morgan fingerprint density at radius 1 is 1.20 bits per heavy atom. The van der Waals surface area contributed by atoms with Gasteiger partial charge in [0.25, 0.3) is 0 Å². The zero-order chi connectivity index (χ0) is 7.56. The van der Waals surface area contributed by atoms with Crippen molar-refractivity contribution in [2.75, 3.05) is 0 Å². The number of rotatable bonds is 1. The van der Waals surface area contributed by atoms with Crippen molar-refractivity contribution in [2.45, 2.75) is 6.61 Å². The highest BCUT2D eigenvalue weighted by Gasteiger charge is 2.02.